The Morgan fingerprint density at radius 3 is 2.63 bits per heavy atom. The van der Waals surface area contributed by atoms with Crippen molar-refractivity contribution in [3.8, 4) is 11.4 Å². The number of halogens is 4. The van der Waals surface area contributed by atoms with Gasteiger partial charge in [-0.3, -0.25) is 0 Å². The van der Waals surface area contributed by atoms with Crippen molar-refractivity contribution in [3.05, 3.63) is 45.3 Å². The Kier molecular flexibility index (Phi) is 3.09. The smallest absolute Gasteiger partial charge is 0.179 e. The van der Waals surface area contributed by atoms with E-state index >= 15 is 0 Å². The van der Waals surface area contributed by atoms with Crippen LogP contribution in [-0.2, 0) is 0 Å². The highest BCUT2D eigenvalue weighted by Crippen LogP contribution is 2.28. The van der Waals surface area contributed by atoms with E-state index in [1.54, 1.807) is 6.07 Å². The third-order valence-electron chi connectivity index (χ3n) is 2.57. The van der Waals surface area contributed by atoms with Gasteiger partial charge in [0.25, 0.3) is 0 Å². The van der Waals surface area contributed by atoms with E-state index in [2.05, 4.69) is 15.0 Å². The zero-order valence-electron chi connectivity index (χ0n) is 9.22. The van der Waals surface area contributed by atoms with Gasteiger partial charge in [-0.1, -0.05) is 34.8 Å². The van der Waals surface area contributed by atoms with Crippen LogP contribution < -0.4 is 0 Å². The van der Waals surface area contributed by atoms with Crippen LogP contribution in [0.1, 0.15) is 0 Å². The zero-order chi connectivity index (χ0) is 13.6. The summed E-state index contributed by atoms with van der Waals surface area (Å²) in [6.07, 6.45) is 0. The number of nitrogens with zero attached hydrogens (tertiary/aromatic N) is 2. The molecule has 0 fully saturated rings. The van der Waals surface area contributed by atoms with Crippen LogP contribution in [0.15, 0.2) is 24.3 Å². The van der Waals surface area contributed by atoms with Crippen molar-refractivity contribution in [2.24, 2.45) is 0 Å². The van der Waals surface area contributed by atoms with Gasteiger partial charge in [-0.25, -0.2) is 14.4 Å². The summed E-state index contributed by atoms with van der Waals surface area (Å²) >= 11 is 17.5. The molecular weight excluding hydrogens is 312 g/mol. The number of imidazole rings is 1. The van der Waals surface area contributed by atoms with Crippen LogP contribution in [0.4, 0.5) is 4.39 Å². The van der Waals surface area contributed by atoms with Gasteiger partial charge in [-0.2, -0.15) is 0 Å². The molecule has 0 unspecified atom stereocenters. The minimum Gasteiger partial charge on any atom is -0.336 e. The van der Waals surface area contributed by atoms with E-state index in [4.69, 9.17) is 34.8 Å². The number of rotatable bonds is 1. The van der Waals surface area contributed by atoms with Crippen LogP contribution in [0.3, 0.4) is 0 Å². The molecule has 3 nitrogen and oxygen atoms in total. The third kappa shape index (κ3) is 2.27. The van der Waals surface area contributed by atoms with Crippen LogP contribution in [0.5, 0.6) is 0 Å². The molecule has 2 aromatic heterocycles. The van der Waals surface area contributed by atoms with Gasteiger partial charge in [0.15, 0.2) is 5.65 Å². The number of pyridine rings is 1. The average Bonchev–Trinajstić information content (AvgIpc) is 2.75. The van der Waals surface area contributed by atoms with Gasteiger partial charge < -0.3 is 4.98 Å². The second-order valence-electron chi connectivity index (χ2n) is 3.84. The maximum Gasteiger partial charge on any atom is 0.179 e. The molecule has 1 aromatic carbocycles. The largest absolute Gasteiger partial charge is 0.336 e. The number of aromatic amines is 1. The highest BCUT2D eigenvalue weighted by molar-refractivity contribution is 6.41. The van der Waals surface area contributed by atoms with E-state index in [1.807, 2.05) is 0 Å². The number of benzene rings is 1. The normalized spacial score (nSPS) is 11.2. The van der Waals surface area contributed by atoms with Crippen LogP contribution in [-0.4, -0.2) is 15.0 Å². The van der Waals surface area contributed by atoms with Gasteiger partial charge >= 0.3 is 0 Å². The molecule has 0 aliphatic carbocycles. The SMILES string of the molecule is Fc1ccc(Cl)cc1-c1nc2nc(Cl)c(Cl)cc2[nH]1. The van der Waals surface area contributed by atoms with E-state index in [-0.39, 0.29) is 10.7 Å². The lowest BCUT2D eigenvalue weighted by atomic mass is 10.2. The van der Waals surface area contributed by atoms with Gasteiger partial charge in [0, 0.05) is 5.02 Å². The Labute approximate surface area is 122 Å². The molecule has 0 radical (unpaired) electrons. The van der Waals surface area contributed by atoms with E-state index in [1.165, 1.54) is 18.2 Å². The zero-order valence-corrected chi connectivity index (χ0v) is 11.5. The summed E-state index contributed by atoms with van der Waals surface area (Å²) < 4.78 is 13.8. The summed E-state index contributed by atoms with van der Waals surface area (Å²) in [4.78, 5) is 11.1. The number of H-pyrrole nitrogens is 1. The standard InChI is InChI=1S/C12H5Cl3FN3/c13-5-1-2-8(16)6(3-5)11-17-9-4-7(14)10(15)18-12(9)19-11/h1-4H,(H,17,18,19). The lowest BCUT2D eigenvalue weighted by Gasteiger charge is -1.99. The fraction of sp³-hybridized carbons (Fsp3) is 0. The van der Waals surface area contributed by atoms with Crippen LogP contribution in [0, 0.1) is 5.82 Å². The lowest BCUT2D eigenvalue weighted by Crippen LogP contribution is -1.86. The minimum atomic E-state index is -0.430. The van der Waals surface area contributed by atoms with Crippen molar-refractivity contribution >= 4 is 46.0 Å². The van der Waals surface area contributed by atoms with Gasteiger partial charge in [0.1, 0.15) is 16.8 Å². The fourth-order valence-corrected chi connectivity index (χ4v) is 2.16. The van der Waals surface area contributed by atoms with Crippen molar-refractivity contribution in [2.75, 3.05) is 0 Å². The molecular formula is C12H5Cl3FN3. The maximum absolute atomic E-state index is 13.8. The monoisotopic (exact) mass is 315 g/mol. The highest BCUT2D eigenvalue weighted by atomic mass is 35.5. The Balaban J connectivity index is 2.23. The Morgan fingerprint density at radius 1 is 1.05 bits per heavy atom. The predicted octanol–water partition coefficient (Wildman–Crippen LogP) is 4.72. The second-order valence-corrected chi connectivity index (χ2v) is 5.04. The summed E-state index contributed by atoms with van der Waals surface area (Å²) in [7, 11) is 0. The average molecular weight is 317 g/mol. The number of fused-ring (bicyclic) bond motifs is 1. The Hall–Kier alpha value is -1.36. The molecule has 0 aliphatic heterocycles. The molecule has 96 valence electrons. The molecule has 0 saturated heterocycles. The Morgan fingerprint density at radius 2 is 1.84 bits per heavy atom. The van der Waals surface area contributed by atoms with Crippen molar-refractivity contribution in [1.29, 1.82) is 0 Å². The summed E-state index contributed by atoms with van der Waals surface area (Å²) in [5.74, 6) is -0.110. The predicted molar refractivity (Wildman–Crippen MR) is 74.3 cm³/mol. The summed E-state index contributed by atoms with van der Waals surface area (Å²) in [5.41, 5.74) is 1.20. The Bertz CT molecular complexity index is 746. The molecule has 2 heterocycles. The lowest BCUT2D eigenvalue weighted by molar-refractivity contribution is 0.630. The van der Waals surface area contributed by atoms with Crippen molar-refractivity contribution in [1.82, 2.24) is 15.0 Å². The molecule has 1 N–H and O–H groups in total. The number of hydrogen-bond donors (Lipinski definition) is 1. The number of hydrogen-bond acceptors (Lipinski definition) is 2. The molecule has 0 saturated carbocycles. The third-order valence-corrected chi connectivity index (χ3v) is 3.48. The van der Waals surface area contributed by atoms with E-state index in [9.17, 15) is 4.39 Å². The van der Waals surface area contributed by atoms with Crippen molar-refractivity contribution in [3.63, 3.8) is 0 Å². The fourth-order valence-electron chi connectivity index (χ4n) is 1.70. The molecule has 7 heteroatoms. The van der Waals surface area contributed by atoms with Gasteiger partial charge in [0.05, 0.1) is 16.1 Å². The van der Waals surface area contributed by atoms with Crippen LogP contribution >= 0.6 is 34.8 Å². The van der Waals surface area contributed by atoms with Crippen LogP contribution in [0.25, 0.3) is 22.6 Å². The van der Waals surface area contributed by atoms with E-state index < -0.39 is 5.82 Å². The summed E-state index contributed by atoms with van der Waals surface area (Å²) in [6.45, 7) is 0. The molecule has 0 spiro atoms. The number of nitrogens with one attached hydrogen (secondary N) is 1. The summed E-state index contributed by atoms with van der Waals surface area (Å²) in [6, 6.07) is 5.82. The maximum atomic E-state index is 13.8. The molecule has 19 heavy (non-hydrogen) atoms. The van der Waals surface area contributed by atoms with Crippen molar-refractivity contribution < 1.29 is 4.39 Å². The molecule has 0 aliphatic rings. The molecule has 0 amide bonds. The second kappa shape index (κ2) is 4.63. The molecule has 3 aromatic rings. The van der Waals surface area contributed by atoms with Gasteiger partial charge in [-0.15, -0.1) is 0 Å². The first-order chi connectivity index (χ1) is 9.04. The minimum absolute atomic E-state index is 0.152. The van der Waals surface area contributed by atoms with Gasteiger partial charge in [-0.05, 0) is 24.3 Å². The first-order valence-corrected chi connectivity index (χ1v) is 6.35. The van der Waals surface area contributed by atoms with Crippen molar-refractivity contribution in [2.45, 2.75) is 0 Å². The highest BCUT2D eigenvalue weighted by Gasteiger charge is 2.13. The quantitative estimate of drug-likeness (QED) is 0.660. The first kappa shape index (κ1) is 12.7. The topological polar surface area (TPSA) is 41.6 Å². The summed E-state index contributed by atoms with van der Waals surface area (Å²) in [5, 5.41) is 0.871. The number of aromatic nitrogens is 3. The van der Waals surface area contributed by atoms with E-state index in [0.717, 1.165) is 0 Å². The molecule has 3 rings (SSSR count). The molecule has 0 atom stereocenters. The van der Waals surface area contributed by atoms with Gasteiger partial charge in [0.2, 0.25) is 0 Å². The first-order valence-electron chi connectivity index (χ1n) is 5.22. The van der Waals surface area contributed by atoms with E-state index in [0.29, 0.717) is 27.0 Å². The van der Waals surface area contributed by atoms with Crippen LogP contribution in [0.2, 0.25) is 15.2 Å². The molecule has 0 bridgehead atoms.